The molecule has 2 aromatic rings. The molecule has 19 heavy (non-hydrogen) atoms. The normalized spacial score (nSPS) is 11.5. The van der Waals surface area contributed by atoms with Crippen molar-refractivity contribution in [1.82, 2.24) is 5.32 Å². The maximum absolute atomic E-state index is 12.0. The van der Waals surface area contributed by atoms with Gasteiger partial charge in [-0.1, -0.05) is 11.6 Å². The number of nitrogens with one attached hydrogen (secondary N) is 1. The van der Waals surface area contributed by atoms with Gasteiger partial charge in [-0.15, -0.1) is 0 Å². The van der Waals surface area contributed by atoms with E-state index >= 15 is 0 Å². The fraction of sp³-hybridized carbons (Fsp3) is 0.286. The molecule has 0 bridgehead atoms. The van der Waals surface area contributed by atoms with Gasteiger partial charge in [-0.3, -0.25) is 4.79 Å². The van der Waals surface area contributed by atoms with E-state index in [9.17, 15) is 9.59 Å². The minimum absolute atomic E-state index is 0.106. The Morgan fingerprint density at radius 1 is 1.26 bits per heavy atom. The van der Waals surface area contributed by atoms with Crippen LogP contribution in [0.25, 0.3) is 11.0 Å². The van der Waals surface area contributed by atoms with E-state index in [0.29, 0.717) is 5.58 Å². The Labute approximate surface area is 110 Å². The lowest BCUT2D eigenvalue weighted by atomic mass is 10.1. The number of furan rings is 1. The van der Waals surface area contributed by atoms with Crippen molar-refractivity contribution in [2.75, 3.05) is 0 Å². The molecular weight excluding hydrogens is 246 g/mol. The van der Waals surface area contributed by atoms with E-state index in [-0.39, 0.29) is 5.76 Å². The number of hydrogen-bond donors (Lipinski definition) is 2. The van der Waals surface area contributed by atoms with Gasteiger partial charge in [-0.25, -0.2) is 4.79 Å². The van der Waals surface area contributed by atoms with Crippen LogP contribution in [0, 0.1) is 6.92 Å². The highest BCUT2D eigenvalue weighted by atomic mass is 16.4. The van der Waals surface area contributed by atoms with Gasteiger partial charge in [0.25, 0.3) is 5.91 Å². The lowest BCUT2D eigenvalue weighted by Crippen LogP contribution is -2.49. The summed E-state index contributed by atoms with van der Waals surface area (Å²) in [5.74, 6) is -1.54. The highest BCUT2D eigenvalue weighted by Crippen LogP contribution is 2.21. The van der Waals surface area contributed by atoms with Gasteiger partial charge in [0, 0.05) is 5.39 Å². The average Bonchev–Trinajstić information content (AvgIpc) is 2.71. The number of fused-ring (bicyclic) bond motifs is 1. The number of carboxylic acid groups (broad SMARTS) is 1. The van der Waals surface area contributed by atoms with E-state index in [0.717, 1.165) is 10.9 Å². The van der Waals surface area contributed by atoms with Gasteiger partial charge in [0.05, 0.1) is 0 Å². The summed E-state index contributed by atoms with van der Waals surface area (Å²) in [5.41, 5.74) is 0.321. The van der Waals surface area contributed by atoms with Gasteiger partial charge >= 0.3 is 5.97 Å². The summed E-state index contributed by atoms with van der Waals surface area (Å²) in [7, 11) is 0. The number of aryl methyl sites for hydroxylation is 1. The van der Waals surface area contributed by atoms with Crippen LogP contribution in [-0.2, 0) is 4.79 Å². The van der Waals surface area contributed by atoms with Crippen LogP contribution in [0.3, 0.4) is 0 Å². The predicted octanol–water partition coefficient (Wildman–Crippen LogP) is 2.33. The van der Waals surface area contributed by atoms with Gasteiger partial charge in [-0.05, 0) is 39.0 Å². The number of benzene rings is 1. The summed E-state index contributed by atoms with van der Waals surface area (Å²) in [6.07, 6.45) is 0. The zero-order chi connectivity index (χ0) is 14.2. The van der Waals surface area contributed by atoms with Crippen molar-refractivity contribution in [3.8, 4) is 0 Å². The van der Waals surface area contributed by atoms with Crippen LogP contribution in [0.2, 0.25) is 0 Å². The van der Waals surface area contributed by atoms with E-state index in [4.69, 9.17) is 9.52 Å². The Bertz CT molecular complexity index is 655. The molecule has 2 N–H and O–H groups in total. The first-order chi connectivity index (χ1) is 8.79. The third-order valence-corrected chi connectivity index (χ3v) is 2.86. The number of carboxylic acids is 1. The van der Waals surface area contributed by atoms with Crippen LogP contribution in [0.5, 0.6) is 0 Å². The van der Waals surface area contributed by atoms with Crippen LogP contribution in [0.4, 0.5) is 0 Å². The number of aliphatic carboxylic acids is 1. The molecule has 0 aliphatic heterocycles. The third-order valence-electron chi connectivity index (χ3n) is 2.86. The first-order valence-electron chi connectivity index (χ1n) is 5.86. The van der Waals surface area contributed by atoms with Crippen molar-refractivity contribution in [3.63, 3.8) is 0 Å². The SMILES string of the molecule is Cc1ccc2oc(C(=O)NC(C)(C)C(=O)O)cc2c1. The van der Waals surface area contributed by atoms with Crippen LogP contribution < -0.4 is 5.32 Å². The van der Waals surface area contributed by atoms with Crippen molar-refractivity contribution in [2.45, 2.75) is 26.3 Å². The summed E-state index contributed by atoms with van der Waals surface area (Å²) in [4.78, 5) is 22.9. The molecule has 0 aliphatic rings. The minimum atomic E-state index is -1.34. The summed E-state index contributed by atoms with van der Waals surface area (Å²) >= 11 is 0. The lowest BCUT2D eigenvalue weighted by Gasteiger charge is -2.19. The Kier molecular flexibility index (Phi) is 3.06. The smallest absolute Gasteiger partial charge is 0.328 e. The molecule has 5 heteroatoms. The Morgan fingerprint density at radius 2 is 1.95 bits per heavy atom. The standard InChI is InChI=1S/C14H15NO4/c1-8-4-5-10-9(6-8)7-11(19-10)12(16)15-14(2,3)13(17)18/h4-7H,1-3H3,(H,15,16)(H,17,18). The number of amides is 1. The van der Waals surface area contributed by atoms with E-state index < -0.39 is 17.4 Å². The van der Waals surface area contributed by atoms with Gasteiger partial charge < -0.3 is 14.8 Å². The van der Waals surface area contributed by atoms with E-state index in [1.807, 2.05) is 19.1 Å². The van der Waals surface area contributed by atoms with Gasteiger partial charge in [0.15, 0.2) is 5.76 Å². The van der Waals surface area contributed by atoms with Gasteiger partial charge in [0.1, 0.15) is 11.1 Å². The minimum Gasteiger partial charge on any atom is -0.480 e. The molecule has 0 spiro atoms. The summed E-state index contributed by atoms with van der Waals surface area (Å²) in [6, 6.07) is 7.17. The molecule has 0 radical (unpaired) electrons. The highest BCUT2D eigenvalue weighted by molar-refractivity contribution is 5.98. The number of hydrogen-bond acceptors (Lipinski definition) is 3. The zero-order valence-corrected chi connectivity index (χ0v) is 11.0. The highest BCUT2D eigenvalue weighted by Gasteiger charge is 2.30. The summed E-state index contributed by atoms with van der Waals surface area (Å²) < 4.78 is 5.41. The molecule has 1 aromatic carbocycles. The summed E-state index contributed by atoms with van der Waals surface area (Å²) in [6.45, 7) is 4.78. The molecule has 1 aromatic heterocycles. The first-order valence-corrected chi connectivity index (χ1v) is 5.86. The van der Waals surface area contributed by atoms with E-state index in [1.165, 1.54) is 13.8 Å². The predicted molar refractivity (Wildman–Crippen MR) is 70.1 cm³/mol. The first kappa shape index (κ1) is 13.1. The van der Waals surface area contributed by atoms with Crippen LogP contribution in [0.15, 0.2) is 28.7 Å². The van der Waals surface area contributed by atoms with Crippen molar-refractivity contribution in [2.24, 2.45) is 0 Å². The second kappa shape index (κ2) is 4.42. The molecule has 0 unspecified atom stereocenters. The molecular formula is C14H15NO4. The number of carbonyl (C=O) groups excluding carboxylic acids is 1. The second-order valence-electron chi connectivity index (χ2n) is 5.04. The molecule has 0 aliphatic carbocycles. The van der Waals surface area contributed by atoms with Crippen molar-refractivity contribution >= 4 is 22.8 Å². The lowest BCUT2D eigenvalue weighted by molar-refractivity contribution is -0.143. The fourth-order valence-electron chi connectivity index (χ4n) is 1.67. The van der Waals surface area contributed by atoms with Crippen LogP contribution in [0.1, 0.15) is 30.0 Å². The topological polar surface area (TPSA) is 79.5 Å². The number of rotatable bonds is 3. The maximum Gasteiger partial charge on any atom is 0.328 e. The van der Waals surface area contributed by atoms with Gasteiger partial charge in [-0.2, -0.15) is 0 Å². The largest absolute Gasteiger partial charge is 0.480 e. The van der Waals surface area contributed by atoms with Crippen molar-refractivity contribution < 1.29 is 19.1 Å². The molecule has 0 saturated heterocycles. The third kappa shape index (κ3) is 2.59. The number of carbonyl (C=O) groups is 2. The van der Waals surface area contributed by atoms with E-state index in [2.05, 4.69) is 5.32 Å². The van der Waals surface area contributed by atoms with Crippen LogP contribution >= 0.6 is 0 Å². The maximum atomic E-state index is 12.0. The second-order valence-corrected chi connectivity index (χ2v) is 5.04. The van der Waals surface area contributed by atoms with Crippen LogP contribution in [-0.4, -0.2) is 22.5 Å². The average molecular weight is 261 g/mol. The fourth-order valence-corrected chi connectivity index (χ4v) is 1.67. The Hall–Kier alpha value is -2.30. The summed E-state index contributed by atoms with van der Waals surface area (Å²) in [5, 5.41) is 12.2. The molecule has 2 rings (SSSR count). The van der Waals surface area contributed by atoms with Crippen molar-refractivity contribution in [1.29, 1.82) is 0 Å². The molecule has 0 fully saturated rings. The molecule has 1 heterocycles. The van der Waals surface area contributed by atoms with Gasteiger partial charge in [0.2, 0.25) is 0 Å². The zero-order valence-electron chi connectivity index (χ0n) is 11.0. The molecule has 0 saturated carbocycles. The quantitative estimate of drug-likeness (QED) is 0.888. The molecule has 100 valence electrons. The molecule has 5 nitrogen and oxygen atoms in total. The molecule has 1 amide bonds. The molecule has 0 atom stereocenters. The Balaban J connectivity index is 2.29. The monoisotopic (exact) mass is 261 g/mol. The Morgan fingerprint density at radius 3 is 2.58 bits per heavy atom. The van der Waals surface area contributed by atoms with Crippen molar-refractivity contribution in [3.05, 3.63) is 35.6 Å². The van der Waals surface area contributed by atoms with E-state index in [1.54, 1.807) is 12.1 Å².